The fourth-order valence-corrected chi connectivity index (χ4v) is 2.23. The number of carbonyl (C=O) groups is 1. The zero-order valence-electron chi connectivity index (χ0n) is 11.5. The lowest BCUT2D eigenvalue weighted by atomic mass is 10.2. The van der Waals surface area contributed by atoms with Gasteiger partial charge in [0.1, 0.15) is 5.52 Å². The lowest BCUT2D eigenvalue weighted by Crippen LogP contribution is -2.22. The molecule has 1 heterocycles. The summed E-state index contributed by atoms with van der Waals surface area (Å²) < 4.78 is 16.1. The highest BCUT2D eigenvalue weighted by Gasteiger charge is 2.16. The first-order chi connectivity index (χ1) is 9.56. The predicted octanol–water partition coefficient (Wildman–Crippen LogP) is 2.46. The van der Waals surface area contributed by atoms with Crippen LogP contribution in [0.4, 0.5) is 6.01 Å². The molecular weight excluding hydrogens is 328 g/mol. The summed E-state index contributed by atoms with van der Waals surface area (Å²) in [5.74, 6) is -0.412. The number of fused-ring (bicyclic) bond motifs is 1. The van der Waals surface area contributed by atoms with Crippen LogP contribution >= 0.6 is 15.9 Å². The summed E-state index contributed by atoms with van der Waals surface area (Å²) in [6, 6.07) is 3.77. The van der Waals surface area contributed by atoms with E-state index < -0.39 is 5.97 Å². The van der Waals surface area contributed by atoms with Gasteiger partial charge in [-0.2, -0.15) is 4.98 Å². The van der Waals surface area contributed by atoms with Gasteiger partial charge in [0.15, 0.2) is 5.58 Å². The number of ether oxygens (including phenoxy) is 2. The van der Waals surface area contributed by atoms with Crippen molar-refractivity contribution in [3.05, 3.63) is 22.2 Å². The third-order valence-electron chi connectivity index (χ3n) is 2.81. The number of aromatic nitrogens is 1. The molecule has 1 aromatic carbocycles. The molecule has 7 heteroatoms. The first-order valence-corrected chi connectivity index (χ1v) is 6.74. The third kappa shape index (κ3) is 2.94. The van der Waals surface area contributed by atoms with Crippen molar-refractivity contribution < 1.29 is 18.7 Å². The molecule has 0 bridgehead atoms. The second kappa shape index (κ2) is 6.23. The second-order valence-corrected chi connectivity index (χ2v) is 5.06. The zero-order valence-corrected chi connectivity index (χ0v) is 13.1. The Morgan fingerprint density at radius 2 is 2.20 bits per heavy atom. The van der Waals surface area contributed by atoms with Gasteiger partial charge in [0, 0.05) is 20.7 Å². The smallest absolute Gasteiger partial charge is 0.337 e. The van der Waals surface area contributed by atoms with Crippen LogP contribution in [0.1, 0.15) is 10.4 Å². The highest BCUT2D eigenvalue weighted by Crippen LogP contribution is 2.29. The van der Waals surface area contributed by atoms with Crippen molar-refractivity contribution in [1.82, 2.24) is 4.98 Å². The van der Waals surface area contributed by atoms with E-state index in [0.717, 1.165) is 0 Å². The van der Waals surface area contributed by atoms with Gasteiger partial charge in [-0.05, 0) is 28.1 Å². The number of oxazole rings is 1. The Hall–Kier alpha value is -1.60. The molecule has 6 nitrogen and oxygen atoms in total. The fraction of sp³-hybridized carbons (Fsp3) is 0.385. The Labute approximate surface area is 124 Å². The van der Waals surface area contributed by atoms with Gasteiger partial charge < -0.3 is 18.8 Å². The number of hydrogen-bond acceptors (Lipinski definition) is 6. The third-order valence-corrected chi connectivity index (χ3v) is 3.40. The van der Waals surface area contributed by atoms with E-state index in [1.807, 2.05) is 11.9 Å². The largest absolute Gasteiger partial charge is 0.465 e. The van der Waals surface area contributed by atoms with Crippen molar-refractivity contribution in [2.24, 2.45) is 0 Å². The van der Waals surface area contributed by atoms with E-state index in [-0.39, 0.29) is 0 Å². The summed E-state index contributed by atoms with van der Waals surface area (Å²) in [5, 5.41) is 0. The van der Waals surface area contributed by atoms with E-state index in [1.165, 1.54) is 7.11 Å². The molecule has 20 heavy (non-hydrogen) atoms. The average molecular weight is 343 g/mol. The minimum Gasteiger partial charge on any atom is -0.465 e. The molecule has 2 aromatic rings. The molecule has 0 aliphatic carbocycles. The molecule has 0 N–H and O–H groups in total. The number of esters is 1. The molecule has 1 aromatic heterocycles. The number of likely N-dealkylation sites (N-methyl/N-ethyl adjacent to an activating group) is 1. The summed E-state index contributed by atoms with van der Waals surface area (Å²) in [6.07, 6.45) is 0. The van der Waals surface area contributed by atoms with E-state index in [0.29, 0.717) is 40.3 Å². The Bertz CT molecular complexity index is 626. The molecule has 0 amide bonds. The van der Waals surface area contributed by atoms with Crippen LogP contribution in [-0.2, 0) is 9.47 Å². The Morgan fingerprint density at radius 3 is 2.85 bits per heavy atom. The van der Waals surface area contributed by atoms with Crippen molar-refractivity contribution in [3.8, 4) is 0 Å². The van der Waals surface area contributed by atoms with Crippen molar-refractivity contribution in [2.75, 3.05) is 39.3 Å². The van der Waals surface area contributed by atoms with Gasteiger partial charge in [-0.25, -0.2) is 4.79 Å². The molecule has 0 saturated carbocycles. The van der Waals surface area contributed by atoms with Crippen molar-refractivity contribution in [2.45, 2.75) is 0 Å². The second-order valence-electron chi connectivity index (χ2n) is 4.21. The summed E-state index contributed by atoms with van der Waals surface area (Å²) >= 11 is 3.38. The number of hydrogen-bond donors (Lipinski definition) is 0. The number of carbonyl (C=O) groups excluding carboxylic acids is 1. The van der Waals surface area contributed by atoms with Crippen LogP contribution in [0.2, 0.25) is 0 Å². The number of methoxy groups -OCH3 is 2. The van der Waals surface area contributed by atoms with Gasteiger partial charge >= 0.3 is 5.97 Å². The molecule has 0 aliphatic heterocycles. The van der Waals surface area contributed by atoms with Crippen LogP contribution in [0, 0.1) is 0 Å². The lowest BCUT2D eigenvalue weighted by molar-refractivity contribution is 0.0601. The SMILES string of the molecule is COCCN(C)c1nc2cc(C(=O)OC)cc(Br)c2o1. The van der Waals surface area contributed by atoms with Crippen LogP contribution in [0.5, 0.6) is 0 Å². The van der Waals surface area contributed by atoms with E-state index in [1.54, 1.807) is 19.2 Å². The van der Waals surface area contributed by atoms with Crippen molar-refractivity contribution in [1.29, 1.82) is 0 Å². The molecule has 2 rings (SSSR count). The van der Waals surface area contributed by atoms with Crippen LogP contribution in [0.25, 0.3) is 11.1 Å². The first kappa shape index (κ1) is 14.8. The highest BCUT2D eigenvalue weighted by atomic mass is 79.9. The van der Waals surface area contributed by atoms with Gasteiger partial charge in [-0.1, -0.05) is 0 Å². The van der Waals surface area contributed by atoms with Crippen molar-refractivity contribution in [3.63, 3.8) is 0 Å². The molecule has 0 atom stereocenters. The zero-order chi connectivity index (χ0) is 14.7. The average Bonchev–Trinajstić information content (AvgIpc) is 2.88. The molecule has 0 unspecified atom stereocenters. The summed E-state index contributed by atoms with van der Waals surface area (Å²) in [5.41, 5.74) is 1.61. The van der Waals surface area contributed by atoms with Gasteiger partial charge in [0.05, 0.1) is 23.8 Å². The fourth-order valence-electron chi connectivity index (χ4n) is 1.70. The van der Waals surface area contributed by atoms with E-state index in [2.05, 4.69) is 20.9 Å². The van der Waals surface area contributed by atoms with E-state index in [9.17, 15) is 4.79 Å². The summed E-state index contributed by atoms with van der Waals surface area (Å²) in [7, 11) is 4.84. The summed E-state index contributed by atoms with van der Waals surface area (Å²) in [6.45, 7) is 1.23. The van der Waals surface area contributed by atoms with Crippen LogP contribution in [-0.4, -0.2) is 45.4 Å². The van der Waals surface area contributed by atoms with Crippen LogP contribution in [0.15, 0.2) is 21.0 Å². The van der Waals surface area contributed by atoms with E-state index >= 15 is 0 Å². The quantitative estimate of drug-likeness (QED) is 0.777. The molecule has 108 valence electrons. The summed E-state index contributed by atoms with van der Waals surface area (Å²) in [4.78, 5) is 17.8. The lowest BCUT2D eigenvalue weighted by Gasteiger charge is -2.12. The van der Waals surface area contributed by atoms with Crippen molar-refractivity contribution >= 4 is 39.0 Å². The molecule has 0 fully saturated rings. The Kier molecular flexibility index (Phi) is 4.61. The maximum atomic E-state index is 11.6. The predicted molar refractivity (Wildman–Crippen MR) is 78.2 cm³/mol. The molecule has 0 saturated heterocycles. The van der Waals surface area contributed by atoms with Gasteiger partial charge in [0.2, 0.25) is 0 Å². The Morgan fingerprint density at radius 1 is 1.45 bits per heavy atom. The molecular formula is C13H15BrN2O4. The standard InChI is InChI=1S/C13H15BrN2O4/c1-16(4-5-18-2)13-15-10-7-8(12(17)19-3)6-9(14)11(10)20-13/h6-7H,4-5H2,1-3H3. The molecule has 0 aliphatic rings. The maximum Gasteiger partial charge on any atom is 0.337 e. The van der Waals surface area contributed by atoms with Crippen LogP contribution in [0.3, 0.4) is 0 Å². The molecule has 0 spiro atoms. The minimum absolute atomic E-state index is 0.412. The number of rotatable bonds is 5. The Balaban J connectivity index is 2.38. The van der Waals surface area contributed by atoms with Gasteiger partial charge in [0.25, 0.3) is 6.01 Å². The number of halogens is 1. The molecule has 0 radical (unpaired) electrons. The number of nitrogens with zero attached hydrogens (tertiary/aromatic N) is 2. The van der Waals surface area contributed by atoms with Gasteiger partial charge in [-0.3, -0.25) is 0 Å². The monoisotopic (exact) mass is 342 g/mol. The number of anilines is 1. The topological polar surface area (TPSA) is 64.8 Å². The normalized spacial score (nSPS) is 10.8. The maximum absolute atomic E-state index is 11.6. The first-order valence-electron chi connectivity index (χ1n) is 5.95. The highest BCUT2D eigenvalue weighted by molar-refractivity contribution is 9.10. The minimum atomic E-state index is -0.412. The van der Waals surface area contributed by atoms with E-state index in [4.69, 9.17) is 13.9 Å². The van der Waals surface area contributed by atoms with Crippen LogP contribution < -0.4 is 4.90 Å². The number of benzene rings is 1. The van der Waals surface area contributed by atoms with Gasteiger partial charge in [-0.15, -0.1) is 0 Å².